The molecule has 6 nitrogen and oxygen atoms in total. The molecule has 7 heteroatoms. The standard InChI is InChI=1S/C20H23ClN4O2/c1-24-10-12-25(13-11-24)14-19(26)23-18-5-3-2-4-17(18)20(27)22-16-8-6-15(21)7-9-16/h2-9H,10-14H2,1H3,(H,22,27)(H,23,26). The summed E-state index contributed by atoms with van der Waals surface area (Å²) >= 11 is 5.87. The van der Waals surface area contributed by atoms with Crippen molar-refractivity contribution >= 4 is 34.8 Å². The molecule has 2 aromatic carbocycles. The van der Waals surface area contributed by atoms with Crippen molar-refractivity contribution in [2.24, 2.45) is 0 Å². The predicted octanol–water partition coefficient (Wildman–Crippen LogP) is 2.78. The van der Waals surface area contributed by atoms with E-state index in [1.807, 2.05) is 0 Å². The SMILES string of the molecule is CN1CCN(CC(=O)Nc2ccccc2C(=O)Nc2ccc(Cl)cc2)CC1. The van der Waals surface area contributed by atoms with Gasteiger partial charge in [-0.25, -0.2) is 0 Å². The first kappa shape index (κ1) is 19.4. The quantitative estimate of drug-likeness (QED) is 0.829. The van der Waals surface area contributed by atoms with Crippen LogP contribution in [0, 0.1) is 0 Å². The molecular weight excluding hydrogens is 364 g/mol. The molecule has 2 aromatic rings. The summed E-state index contributed by atoms with van der Waals surface area (Å²) in [6.07, 6.45) is 0. The lowest BCUT2D eigenvalue weighted by Crippen LogP contribution is -2.47. The Morgan fingerprint density at radius 2 is 1.63 bits per heavy atom. The van der Waals surface area contributed by atoms with E-state index in [4.69, 9.17) is 11.6 Å². The van der Waals surface area contributed by atoms with Crippen LogP contribution in [0.5, 0.6) is 0 Å². The Bertz CT molecular complexity index is 802. The highest BCUT2D eigenvalue weighted by molar-refractivity contribution is 6.30. The average Bonchev–Trinajstić information content (AvgIpc) is 2.66. The molecule has 2 amide bonds. The Kier molecular flexibility index (Phi) is 6.45. The van der Waals surface area contributed by atoms with Gasteiger partial charge in [0.1, 0.15) is 0 Å². The van der Waals surface area contributed by atoms with Gasteiger partial charge in [0.25, 0.3) is 5.91 Å². The number of piperazine rings is 1. The number of likely N-dealkylation sites (N-methyl/N-ethyl adjacent to an activating group) is 1. The molecule has 3 rings (SSSR count). The highest BCUT2D eigenvalue weighted by Gasteiger charge is 2.18. The highest BCUT2D eigenvalue weighted by atomic mass is 35.5. The van der Waals surface area contributed by atoms with Gasteiger partial charge in [0.15, 0.2) is 0 Å². The predicted molar refractivity (Wildman–Crippen MR) is 108 cm³/mol. The Hall–Kier alpha value is -2.41. The number of nitrogens with one attached hydrogen (secondary N) is 2. The number of hydrogen-bond donors (Lipinski definition) is 2. The maximum atomic E-state index is 12.6. The van der Waals surface area contributed by atoms with E-state index in [0.29, 0.717) is 28.5 Å². The average molecular weight is 387 g/mol. The van der Waals surface area contributed by atoms with Crippen molar-refractivity contribution in [3.05, 3.63) is 59.1 Å². The van der Waals surface area contributed by atoms with Crippen LogP contribution in [0.4, 0.5) is 11.4 Å². The van der Waals surface area contributed by atoms with Crippen LogP contribution in [0.15, 0.2) is 48.5 Å². The van der Waals surface area contributed by atoms with Gasteiger partial charge in [0.05, 0.1) is 17.8 Å². The summed E-state index contributed by atoms with van der Waals surface area (Å²) < 4.78 is 0. The van der Waals surface area contributed by atoms with Gasteiger partial charge in [0.2, 0.25) is 5.91 Å². The van der Waals surface area contributed by atoms with Gasteiger partial charge in [-0.2, -0.15) is 0 Å². The van der Waals surface area contributed by atoms with E-state index in [1.54, 1.807) is 48.5 Å². The van der Waals surface area contributed by atoms with Gasteiger partial charge < -0.3 is 15.5 Å². The lowest BCUT2D eigenvalue weighted by Gasteiger charge is -2.31. The number of carbonyl (C=O) groups is 2. The second-order valence-electron chi connectivity index (χ2n) is 6.63. The molecule has 0 bridgehead atoms. The topological polar surface area (TPSA) is 64.7 Å². The Morgan fingerprint density at radius 1 is 0.963 bits per heavy atom. The monoisotopic (exact) mass is 386 g/mol. The van der Waals surface area contributed by atoms with Crippen molar-refractivity contribution in [3.8, 4) is 0 Å². The number of para-hydroxylation sites is 1. The zero-order chi connectivity index (χ0) is 19.2. The summed E-state index contributed by atoms with van der Waals surface area (Å²) in [6.45, 7) is 3.95. The Labute approximate surface area is 164 Å². The van der Waals surface area contributed by atoms with Gasteiger partial charge in [-0.05, 0) is 43.4 Å². The molecule has 0 aromatic heterocycles. The molecule has 2 N–H and O–H groups in total. The third kappa shape index (κ3) is 5.53. The Balaban J connectivity index is 1.63. The summed E-state index contributed by atoms with van der Waals surface area (Å²) in [5.74, 6) is -0.404. The van der Waals surface area contributed by atoms with E-state index in [1.165, 1.54) is 0 Å². The molecule has 0 radical (unpaired) electrons. The molecule has 1 aliphatic heterocycles. The minimum absolute atomic E-state index is 0.119. The first-order chi connectivity index (χ1) is 13.0. The van der Waals surface area contributed by atoms with Crippen molar-refractivity contribution < 1.29 is 9.59 Å². The fraction of sp³-hybridized carbons (Fsp3) is 0.300. The summed E-state index contributed by atoms with van der Waals surface area (Å²) in [5, 5.41) is 6.29. The van der Waals surface area contributed by atoms with Crippen LogP contribution in [0.2, 0.25) is 5.02 Å². The molecule has 27 heavy (non-hydrogen) atoms. The van der Waals surface area contributed by atoms with Crippen molar-refractivity contribution in [2.75, 3.05) is 50.4 Å². The van der Waals surface area contributed by atoms with Crippen molar-refractivity contribution in [2.45, 2.75) is 0 Å². The first-order valence-electron chi connectivity index (χ1n) is 8.88. The lowest BCUT2D eigenvalue weighted by molar-refractivity contribution is -0.117. The fourth-order valence-electron chi connectivity index (χ4n) is 2.92. The molecule has 1 aliphatic rings. The van der Waals surface area contributed by atoms with Gasteiger partial charge in [0, 0.05) is 36.9 Å². The van der Waals surface area contributed by atoms with Crippen LogP contribution in [-0.4, -0.2) is 61.4 Å². The van der Waals surface area contributed by atoms with E-state index >= 15 is 0 Å². The summed E-state index contributed by atoms with van der Waals surface area (Å²) in [7, 11) is 2.08. The van der Waals surface area contributed by atoms with E-state index in [2.05, 4.69) is 27.5 Å². The summed E-state index contributed by atoms with van der Waals surface area (Å²) in [4.78, 5) is 29.4. The number of anilines is 2. The first-order valence-corrected chi connectivity index (χ1v) is 9.26. The lowest BCUT2D eigenvalue weighted by atomic mass is 10.1. The number of hydrogen-bond acceptors (Lipinski definition) is 4. The molecule has 0 spiro atoms. The molecule has 142 valence electrons. The zero-order valence-electron chi connectivity index (χ0n) is 15.2. The maximum Gasteiger partial charge on any atom is 0.257 e. The molecule has 1 saturated heterocycles. The van der Waals surface area contributed by atoms with Crippen LogP contribution in [0.25, 0.3) is 0 Å². The molecule has 0 atom stereocenters. The molecule has 1 heterocycles. The second kappa shape index (κ2) is 8.99. The molecule has 0 unspecified atom stereocenters. The number of benzene rings is 2. The van der Waals surface area contributed by atoms with Gasteiger partial charge in [-0.3, -0.25) is 14.5 Å². The number of halogens is 1. The number of nitrogens with zero attached hydrogens (tertiary/aromatic N) is 2. The van der Waals surface area contributed by atoms with E-state index in [0.717, 1.165) is 26.2 Å². The van der Waals surface area contributed by atoms with Gasteiger partial charge in [-0.15, -0.1) is 0 Å². The number of amides is 2. The van der Waals surface area contributed by atoms with E-state index < -0.39 is 0 Å². The van der Waals surface area contributed by atoms with E-state index in [9.17, 15) is 9.59 Å². The van der Waals surface area contributed by atoms with Crippen molar-refractivity contribution in [1.29, 1.82) is 0 Å². The number of rotatable bonds is 5. The molecule has 1 fully saturated rings. The molecule has 0 saturated carbocycles. The molecule has 0 aliphatic carbocycles. The van der Waals surface area contributed by atoms with Crippen LogP contribution in [0.3, 0.4) is 0 Å². The zero-order valence-corrected chi connectivity index (χ0v) is 16.0. The van der Waals surface area contributed by atoms with Gasteiger partial charge >= 0.3 is 0 Å². The van der Waals surface area contributed by atoms with Crippen molar-refractivity contribution in [1.82, 2.24) is 9.80 Å². The largest absolute Gasteiger partial charge is 0.324 e. The van der Waals surface area contributed by atoms with Crippen LogP contribution >= 0.6 is 11.6 Å². The van der Waals surface area contributed by atoms with Crippen LogP contribution in [0.1, 0.15) is 10.4 Å². The van der Waals surface area contributed by atoms with Crippen LogP contribution < -0.4 is 10.6 Å². The molecular formula is C20H23ClN4O2. The third-order valence-corrected chi connectivity index (χ3v) is 4.76. The van der Waals surface area contributed by atoms with E-state index in [-0.39, 0.29) is 11.8 Å². The normalized spacial score (nSPS) is 15.3. The third-order valence-electron chi connectivity index (χ3n) is 4.51. The maximum absolute atomic E-state index is 12.6. The summed E-state index contributed by atoms with van der Waals surface area (Å²) in [5.41, 5.74) is 1.56. The second-order valence-corrected chi connectivity index (χ2v) is 7.07. The Morgan fingerprint density at radius 3 is 2.33 bits per heavy atom. The number of carbonyl (C=O) groups excluding carboxylic acids is 2. The van der Waals surface area contributed by atoms with Gasteiger partial charge in [-0.1, -0.05) is 23.7 Å². The van der Waals surface area contributed by atoms with Crippen LogP contribution in [-0.2, 0) is 4.79 Å². The van der Waals surface area contributed by atoms with Crippen molar-refractivity contribution in [3.63, 3.8) is 0 Å². The summed E-state index contributed by atoms with van der Waals surface area (Å²) in [6, 6.07) is 13.9. The minimum Gasteiger partial charge on any atom is -0.324 e. The highest BCUT2D eigenvalue weighted by Crippen LogP contribution is 2.19. The minimum atomic E-state index is -0.284. The smallest absolute Gasteiger partial charge is 0.257 e. The fourth-order valence-corrected chi connectivity index (χ4v) is 3.05.